The van der Waals surface area contributed by atoms with Crippen LogP contribution in [0.4, 0.5) is 0 Å². The summed E-state index contributed by atoms with van der Waals surface area (Å²) in [6.07, 6.45) is 3.72. The first-order valence-electron chi connectivity index (χ1n) is 6.79. The van der Waals surface area contributed by atoms with Crippen molar-refractivity contribution in [2.24, 2.45) is 0 Å². The number of rotatable bonds is 9. The average molecular weight is 270 g/mol. The van der Waals surface area contributed by atoms with E-state index in [9.17, 15) is 0 Å². The summed E-state index contributed by atoms with van der Waals surface area (Å²) in [6, 6.07) is 7.84. The van der Waals surface area contributed by atoms with Gasteiger partial charge in [-0.25, -0.2) is 0 Å². The van der Waals surface area contributed by atoms with Crippen molar-refractivity contribution in [1.82, 2.24) is 5.32 Å². The van der Waals surface area contributed by atoms with E-state index in [2.05, 4.69) is 19.2 Å². The standard InChI is InChI=1S/C15H24ClNO/c1-3-10-17-11-6-7-13(2)18-12-14-8-4-5-9-15(14)16/h4-5,8-9,13,17H,3,6-7,10-12H2,1-2H3. The molecule has 0 radical (unpaired) electrons. The number of halogens is 1. The van der Waals surface area contributed by atoms with Gasteiger partial charge in [-0.2, -0.15) is 0 Å². The zero-order valence-corrected chi connectivity index (χ0v) is 12.2. The maximum Gasteiger partial charge on any atom is 0.0734 e. The Bertz CT molecular complexity index is 330. The molecule has 1 aromatic rings. The van der Waals surface area contributed by atoms with Crippen LogP contribution >= 0.6 is 11.6 Å². The van der Waals surface area contributed by atoms with E-state index in [0.29, 0.717) is 6.61 Å². The number of benzene rings is 1. The van der Waals surface area contributed by atoms with Gasteiger partial charge in [-0.1, -0.05) is 36.7 Å². The topological polar surface area (TPSA) is 21.3 Å². The molecular weight excluding hydrogens is 246 g/mol. The molecule has 0 bridgehead atoms. The van der Waals surface area contributed by atoms with E-state index in [0.717, 1.165) is 36.5 Å². The van der Waals surface area contributed by atoms with Gasteiger partial charge < -0.3 is 10.1 Å². The molecular formula is C15H24ClNO. The Balaban J connectivity index is 2.13. The lowest BCUT2D eigenvalue weighted by atomic mass is 10.2. The van der Waals surface area contributed by atoms with Crippen molar-refractivity contribution in [3.8, 4) is 0 Å². The first kappa shape index (κ1) is 15.5. The lowest BCUT2D eigenvalue weighted by Gasteiger charge is -2.14. The van der Waals surface area contributed by atoms with E-state index >= 15 is 0 Å². The summed E-state index contributed by atoms with van der Waals surface area (Å²) >= 11 is 6.08. The smallest absolute Gasteiger partial charge is 0.0734 e. The fraction of sp³-hybridized carbons (Fsp3) is 0.600. The summed E-state index contributed by atoms with van der Waals surface area (Å²) in [7, 11) is 0. The molecule has 1 atom stereocenters. The molecule has 1 rings (SSSR count). The van der Waals surface area contributed by atoms with Crippen molar-refractivity contribution in [2.75, 3.05) is 13.1 Å². The molecule has 0 aromatic heterocycles. The Morgan fingerprint density at radius 3 is 2.78 bits per heavy atom. The molecule has 1 aromatic carbocycles. The molecule has 0 saturated carbocycles. The van der Waals surface area contributed by atoms with E-state index in [1.165, 1.54) is 6.42 Å². The van der Waals surface area contributed by atoms with E-state index in [-0.39, 0.29) is 6.10 Å². The molecule has 1 N–H and O–H groups in total. The Labute approximate surface area is 116 Å². The molecule has 0 amide bonds. The minimum Gasteiger partial charge on any atom is -0.374 e. The van der Waals surface area contributed by atoms with E-state index < -0.39 is 0 Å². The molecule has 0 aliphatic heterocycles. The SMILES string of the molecule is CCCNCCCC(C)OCc1ccccc1Cl. The van der Waals surface area contributed by atoms with Crippen molar-refractivity contribution in [3.05, 3.63) is 34.9 Å². The van der Waals surface area contributed by atoms with Crippen LogP contribution < -0.4 is 5.32 Å². The van der Waals surface area contributed by atoms with Gasteiger partial charge in [0.05, 0.1) is 12.7 Å². The van der Waals surface area contributed by atoms with Crippen LogP contribution in [-0.4, -0.2) is 19.2 Å². The highest BCUT2D eigenvalue weighted by Crippen LogP contribution is 2.17. The van der Waals surface area contributed by atoms with Gasteiger partial charge in [0.15, 0.2) is 0 Å². The lowest BCUT2D eigenvalue weighted by Crippen LogP contribution is -2.18. The minimum absolute atomic E-state index is 0.282. The molecule has 3 heteroatoms. The quantitative estimate of drug-likeness (QED) is 0.684. The van der Waals surface area contributed by atoms with Crippen molar-refractivity contribution in [3.63, 3.8) is 0 Å². The van der Waals surface area contributed by atoms with E-state index in [1.54, 1.807) is 0 Å². The second-order valence-electron chi connectivity index (χ2n) is 4.61. The number of ether oxygens (including phenoxy) is 1. The number of hydrogen-bond donors (Lipinski definition) is 1. The van der Waals surface area contributed by atoms with Crippen LogP contribution in [0.1, 0.15) is 38.7 Å². The van der Waals surface area contributed by atoms with Gasteiger partial charge in [0.25, 0.3) is 0 Å². The average Bonchev–Trinajstić information content (AvgIpc) is 2.37. The Hall–Kier alpha value is -0.570. The summed E-state index contributed by atoms with van der Waals surface area (Å²) in [5.74, 6) is 0. The van der Waals surface area contributed by atoms with Gasteiger partial charge in [-0.15, -0.1) is 0 Å². The fourth-order valence-electron chi connectivity index (χ4n) is 1.75. The highest BCUT2D eigenvalue weighted by molar-refractivity contribution is 6.31. The van der Waals surface area contributed by atoms with Crippen molar-refractivity contribution < 1.29 is 4.74 Å². The summed E-state index contributed by atoms with van der Waals surface area (Å²) in [5.41, 5.74) is 1.06. The summed E-state index contributed by atoms with van der Waals surface area (Å²) in [6.45, 7) is 7.09. The maximum absolute atomic E-state index is 6.08. The predicted octanol–water partition coefficient (Wildman–Crippen LogP) is 4.02. The van der Waals surface area contributed by atoms with Crippen LogP contribution in [-0.2, 0) is 11.3 Å². The molecule has 0 heterocycles. The van der Waals surface area contributed by atoms with Crippen molar-refractivity contribution in [1.29, 1.82) is 0 Å². The van der Waals surface area contributed by atoms with E-state index in [1.807, 2.05) is 24.3 Å². The van der Waals surface area contributed by atoms with Crippen molar-refractivity contribution >= 4 is 11.6 Å². The van der Waals surface area contributed by atoms with Crippen LogP contribution in [0.5, 0.6) is 0 Å². The highest BCUT2D eigenvalue weighted by atomic mass is 35.5. The van der Waals surface area contributed by atoms with Gasteiger partial charge in [-0.3, -0.25) is 0 Å². The molecule has 0 saturated heterocycles. The third-order valence-corrected chi connectivity index (χ3v) is 3.24. The van der Waals surface area contributed by atoms with Gasteiger partial charge >= 0.3 is 0 Å². The van der Waals surface area contributed by atoms with Crippen LogP contribution in [0.2, 0.25) is 5.02 Å². The Morgan fingerprint density at radius 1 is 1.28 bits per heavy atom. The summed E-state index contributed by atoms with van der Waals surface area (Å²) < 4.78 is 5.80. The Morgan fingerprint density at radius 2 is 2.06 bits per heavy atom. The number of nitrogens with one attached hydrogen (secondary N) is 1. The zero-order chi connectivity index (χ0) is 13.2. The third-order valence-electron chi connectivity index (χ3n) is 2.87. The molecule has 0 spiro atoms. The molecule has 0 aliphatic carbocycles. The lowest BCUT2D eigenvalue weighted by molar-refractivity contribution is 0.0464. The first-order chi connectivity index (χ1) is 8.74. The zero-order valence-electron chi connectivity index (χ0n) is 11.4. The molecule has 102 valence electrons. The molecule has 18 heavy (non-hydrogen) atoms. The van der Waals surface area contributed by atoms with Gasteiger partial charge in [-0.05, 0) is 50.9 Å². The largest absolute Gasteiger partial charge is 0.374 e. The normalized spacial score (nSPS) is 12.6. The first-order valence-corrected chi connectivity index (χ1v) is 7.17. The molecule has 0 aliphatic rings. The number of hydrogen-bond acceptors (Lipinski definition) is 2. The van der Waals surface area contributed by atoms with Crippen LogP contribution in [0.3, 0.4) is 0 Å². The minimum atomic E-state index is 0.282. The van der Waals surface area contributed by atoms with Crippen LogP contribution in [0, 0.1) is 0 Å². The van der Waals surface area contributed by atoms with Crippen LogP contribution in [0.25, 0.3) is 0 Å². The predicted molar refractivity (Wildman–Crippen MR) is 78.1 cm³/mol. The molecule has 0 fully saturated rings. The Kier molecular flexibility index (Phi) is 8.06. The summed E-state index contributed by atoms with van der Waals surface area (Å²) in [4.78, 5) is 0. The second-order valence-corrected chi connectivity index (χ2v) is 5.01. The van der Waals surface area contributed by atoms with Gasteiger partial charge in [0, 0.05) is 5.02 Å². The monoisotopic (exact) mass is 269 g/mol. The fourth-order valence-corrected chi connectivity index (χ4v) is 1.94. The van der Waals surface area contributed by atoms with Crippen molar-refractivity contribution in [2.45, 2.75) is 45.8 Å². The van der Waals surface area contributed by atoms with Gasteiger partial charge in [0.1, 0.15) is 0 Å². The van der Waals surface area contributed by atoms with Crippen LogP contribution in [0.15, 0.2) is 24.3 Å². The molecule has 1 unspecified atom stereocenters. The van der Waals surface area contributed by atoms with E-state index in [4.69, 9.17) is 16.3 Å². The van der Waals surface area contributed by atoms with Gasteiger partial charge in [0.2, 0.25) is 0 Å². The molecule has 2 nitrogen and oxygen atoms in total. The second kappa shape index (κ2) is 9.37. The summed E-state index contributed by atoms with van der Waals surface area (Å²) in [5, 5.41) is 4.18. The maximum atomic E-state index is 6.08. The third kappa shape index (κ3) is 6.39. The highest BCUT2D eigenvalue weighted by Gasteiger charge is 2.04.